The molecule has 0 aromatic carbocycles. The molecule has 0 aromatic rings. The molecule has 2 atom stereocenters. The molecule has 0 aromatic heterocycles. The third kappa shape index (κ3) is 3.34. The molecule has 1 rings (SSSR count). The van der Waals surface area contributed by atoms with Crippen molar-refractivity contribution in [3.8, 4) is 0 Å². The summed E-state index contributed by atoms with van der Waals surface area (Å²) in [6.07, 6.45) is 6.41. The van der Waals surface area contributed by atoms with Crippen LogP contribution in [0.1, 0.15) is 33.6 Å². The van der Waals surface area contributed by atoms with Gasteiger partial charge in [-0.25, -0.2) is 4.79 Å². The van der Waals surface area contributed by atoms with E-state index in [0.717, 1.165) is 12.8 Å². The summed E-state index contributed by atoms with van der Waals surface area (Å²) in [5.74, 6) is 0.134. The molecule has 0 aliphatic heterocycles. The van der Waals surface area contributed by atoms with Gasteiger partial charge in [0.15, 0.2) is 5.60 Å². The van der Waals surface area contributed by atoms with E-state index in [-0.39, 0.29) is 0 Å². The molecule has 1 aliphatic rings. The molecule has 3 nitrogen and oxygen atoms in total. The van der Waals surface area contributed by atoms with Gasteiger partial charge < -0.3 is 9.84 Å². The normalized spacial score (nSPS) is 26.6. The van der Waals surface area contributed by atoms with E-state index in [4.69, 9.17) is 9.84 Å². The first-order chi connectivity index (χ1) is 6.93. The topological polar surface area (TPSA) is 46.5 Å². The maximum atomic E-state index is 10.8. The second-order valence-electron chi connectivity index (χ2n) is 4.81. The number of carboxylic acids is 1. The molecule has 0 spiro atoms. The molecule has 1 aliphatic carbocycles. The Morgan fingerprint density at radius 2 is 2.07 bits per heavy atom. The van der Waals surface area contributed by atoms with E-state index in [2.05, 4.69) is 19.1 Å². The Balaban J connectivity index is 2.43. The van der Waals surface area contributed by atoms with Gasteiger partial charge >= 0.3 is 5.97 Å². The van der Waals surface area contributed by atoms with Crippen molar-refractivity contribution in [3.05, 3.63) is 12.2 Å². The van der Waals surface area contributed by atoms with E-state index < -0.39 is 11.6 Å². The molecule has 86 valence electrons. The van der Waals surface area contributed by atoms with Gasteiger partial charge in [-0.15, -0.1) is 0 Å². The number of carboxylic acid groups (broad SMARTS) is 1. The Bertz CT molecular complexity index is 256. The third-order valence-electron chi connectivity index (χ3n) is 3.09. The molecule has 0 saturated heterocycles. The molecule has 15 heavy (non-hydrogen) atoms. The summed E-state index contributed by atoms with van der Waals surface area (Å²) in [5.41, 5.74) is -1.07. The van der Waals surface area contributed by atoms with E-state index in [9.17, 15) is 4.79 Å². The maximum Gasteiger partial charge on any atom is 0.335 e. The average Bonchev–Trinajstić information content (AvgIpc) is 2.16. The van der Waals surface area contributed by atoms with Crippen molar-refractivity contribution >= 4 is 5.97 Å². The summed E-state index contributed by atoms with van der Waals surface area (Å²) >= 11 is 0. The molecular weight excluding hydrogens is 192 g/mol. The van der Waals surface area contributed by atoms with E-state index in [1.54, 1.807) is 13.8 Å². The first-order valence-electron chi connectivity index (χ1n) is 5.46. The fourth-order valence-electron chi connectivity index (χ4n) is 1.62. The zero-order chi connectivity index (χ0) is 11.5. The van der Waals surface area contributed by atoms with Gasteiger partial charge in [0, 0.05) is 0 Å². The lowest BCUT2D eigenvalue weighted by Gasteiger charge is -2.28. The quantitative estimate of drug-likeness (QED) is 0.728. The number of hydrogen-bond donors (Lipinski definition) is 1. The summed E-state index contributed by atoms with van der Waals surface area (Å²) in [6.45, 7) is 5.91. The molecule has 3 heteroatoms. The summed E-state index contributed by atoms with van der Waals surface area (Å²) in [5, 5.41) is 8.90. The van der Waals surface area contributed by atoms with Crippen LogP contribution in [0.3, 0.4) is 0 Å². The van der Waals surface area contributed by atoms with Crippen LogP contribution in [0.2, 0.25) is 0 Å². The fraction of sp³-hybridized carbons (Fsp3) is 0.750. The van der Waals surface area contributed by atoms with Gasteiger partial charge in [0.05, 0.1) is 6.61 Å². The predicted molar refractivity (Wildman–Crippen MR) is 58.7 cm³/mol. The lowest BCUT2D eigenvalue weighted by Crippen LogP contribution is -2.37. The van der Waals surface area contributed by atoms with Crippen LogP contribution in [0.5, 0.6) is 0 Å². The highest BCUT2D eigenvalue weighted by Gasteiger charge is 2.30. The van der Waals surface area contributed by atoms with E-state index in [1.165, 1.54) is 0 Å². The Morgan fingerprint density at radius 1 is 1.47 bits per heavy atom. The standard InChI is InChI=1S/C12H20O3/c1-9-6-4-5-7-10(9)8-15-12(2,3)11(13)14/h4-5,9-10H,6-8H2,1-3H3,(H,13,14). The van der Waals surface area contributed by atoms with Crippen LogP contribution in [0.4, 0.5) is 0 Å². The van der Waals surface area contributed by atoms with Crippen LogP contribution >= 0.6 is 0 Å². The smallest absolute Gasteiger partial charge is 0.335 e. The summed E-state index contributed by atoms with van der Waals surface area (Å²) in [7, 11) is 0. The minimum atomic E-state index is -1.07. The first kappa shape index (κ1) is 12.2. The number of hydrogen-bond acceptors (Lipinski definition) is 2. The average molecular weight is 212 g/mol. The van der Waals surface area contributed by atoms with Gasteiger partial charge in [-0.1, -0.05) is 19.1 Å². The molecule has 0 saturated carbocycles. The van der Waals surface area contributed by atoms with Crippen molar-refractivity contribution in [2.75, 3.05) is 6.61 Å². The van der Waals surface area contributed by atoms with Crippen molar-refractivity contribution < 1.29 is 14.6 Å². The van der Waals surface area contributed by atoms with Crippen molar-refractivity contribution in [3.63, 3.8) is 0 Å². The second kappa shape index (κ2) is 4.79. The molecule has 2 unspecified atom stereocenters. The van der Waals surface area contributed by atoms with Crippen LogP contribution in [0, 0.1) is 11.8 Å². The van der Waals surface area contributed by atoms with Crippen LogP contribution in [-0.4, -0.2) is 23.3 Å². The fourth-order valence-corrected chi connectivity index (χ4v) is 1.62. The molecular formula is C12H20O3. The molecule has 1 N–H and O–H groups in total. The maximum absolute atomic E-state index is 10.8. The summed E-state index contributed by atoms with van der Waals surface area (Å²) < 4.78 is 5.47. The van der Waals surface area contributed by atoms with Gasteiger partial charge in [0.2, 0.25) is 0 Å². The van der Waals surface area contributed by atoms with Gasteiger partial charge in [-0.2, -0.15) is 0 Å². The van der Waals surface area contributed by atoms with Crippen molar-refractivity contribution in [1.29, 1.82) is 0 Å². The molecule has 0 fully saturated rings. The number of rotatable bonds is 4. The second-order valence-corrected chi connectivity index (χ2v) is 4.81. The monoisotopic (exact) mass is 212 g/mol. The highest BCUT2D eigenvalue weighted by atomic mass is 16.5. The Morgan fingerprint density at radius 3 is 2.60 bits per heavy atom. The summed E-state index contributed by atoms with van der Waals surface area (Å²) in [4.78, 5) is 10.8. The van der Waals surface area contributed by atoms with Crippen LogP contribution in [0.15, 0.2) is 12.2 Å². The lowest BCUT2D eigenvalue weighted by molar-refractivity contribution is -0.163. The molecule has 0 amide bonds. The van der Waals surface area contributed by atoms with E-state index >= 15 is 0 Å². The number of aliphatic carboxylic acids is 1. The third-order valence-corrected chi connectivity index (χ3v) is 3.09. The predicted octanol–water partition coefficient (Wildman–Crippen LogP) is 2.47. The highest BCUT2D eigenvalue weighted by Crippen LogP contribution is 2.26. The zero-order valence-electron chi connectivity index (χ0n) is 9.69. The number of carbonyl (C=O) groups is 1. The van der Waals surface area contributed by atoms with Crippen LogP contribution in [0.25, 0.3) is 0 Å². The Hall–Kier alpha value is -0.830. The van der Waals surface area contributed by atoms with E-state index in [0.29, 0.717) is 18.4 Å². The lowest BCUT2D eigenvalue weighted by atomic mass is 9.85. The van der Waals surface area contributed by atoms with Crippen molar-refractivity contribution in [1.82, 2.24) is 0 Å². The summed E-state index contributed by atoms with van der Waals surface area (Å²) in [6, 6.07) is 0. The molecule has 0 bridgehead atoms. The van der Waals surface area contributed by atoms with Gasteiger partial charge in [-0.05, 0) is 38.5 Å². The largest absolute Gasteiger partial charge is 0.479 e. The van der Waals surface area contributed by atoms with Gasteiger partial charge in [0.25, 0.3) is 0 Å². The SMILES string of the molecule is CC1CC=CCC1COC(C)(C)C(=O)O. The minimum absolute atomic E-state index is 0.452. The van der Waals surface area contributed by atoms with Gasteiger partial charge in [-0.3, -0.25) is 0 Å². The minimum Gasteiger partial charge on any atom is -0.479 e. The highest BCUT2D eigenvalue weighted by molar-refractivity contribution is 5.76. The van der Waals surface area contributed by atoms with Crippen molar-refractivity contribution in [2.45, 2.75) is 39.2 Å². The van der Waals surface area contributed by atoms with Crippen LogP contribution in [-0.2, 0) is 9.53 Å². The number of ether oxygens (including phenoxy) is 1. The first-order valence-corrected chi connectivity index (χ1v) is 5.46. The zero-order valence-corrected chi connectivity index (χ0v) is 9.69. The van der Waals surface area contributed by atoms with Gasteiger partial charge in [0.1, 0.15) is 0 Å². The number of allylic oxidation sites excluding steroid dienone is 2. The Labute approximate surface area is 91.1 Å². The molecule has 0 heterocycles. The van der Waals surface area contributed by atoms with Crippen molar-refractivity contribution in [2.24, 2.45) is 11.8 Å². The van der Waals surface area contributed by atoms with E-state index in [1.807, 2.05) is 0 Å². The van der Waals surface area contributed by atoms with Crippen LogP contribution < -0.4 is 0 Å². The Kier molecular flexibility index (Phi) is 3.91. The molecule has 0 radical (unpaired) electrons.